The molecule has 0 spiro atoms. The number of nitrogens with zero attached hydrogens (tertiary/aromatic N) is 1. The van der Waals surface area contributed by atoms with Gasteiger partial charge in [-0.3, -0.25) is 4.79 Å². The molecule has 1 aromatic rings. The van der Waals surface area contributed by atoms with E-state index < -0.39 is 23.4 Å². The number of carboxylic acid groups (broad SMARTS) is 1. The molecule has 0 radical (unpaired) electrons. The Morgan fingerprint density at radius 2 is 2.18 bits per heavy atom. The number of pyridine rings is 1. The van der Waals surface area contributed by atoms with E-state index in [9.17, 15) is 14.0 Å². The lowest BCUT2D eigenvalue weighted by atomic mass is 10.2. The molecule has 0 saturated heterocycles. The molecule has 0 aliphatic carbocycles. The number of carboxylic acids is 1. The smallest absolute Gasteiger partial charge is 0.338 e. The number of aromatic carboxylic acids is 1. The minimum atomic E-state index is -1.39. The van der Waals surface area contributed by atoms with Crippen LogP contribution in [0, 0.1) is 5.82 Å². The summed E-state index contributed by atoms with van der Waals surface area (Å²) in [6.07, 6.45) is 1.16. The highest BCUT2D eigenvalue weighted by molar-refractivity contribution is 5.89. The Morgan fingerprint density at radius 3 is 2.71 bits per heavy atom. The van der Waals surface area contributed by atoms with Crippen LogP contribution in [0.25, 0.3) is 0 Å². The van der Waals surface area contributed by atoms with Crippen molar-refractivity contribution < 1.29 is 19.1 Å². The zero-order valence-electron chi connectivity index (χ0n) is 9.32. The second-order valence-electron chi connectivity index (χ2n) is 3.31. The molecule has 1 unspecified atom stereocenters. The summed E-state index contributed by atoms with van der Waals surface area (Å²) in [6.45, 7) is 1.51. The van der Waals surface area contributed by atoms with Gasteiger partial charge in [-0.25, -0.2) is 14.2 Å². The van der Waals surface area contributed by atoms with Gasteiger partial charge in [-0.05, 0) is 13.0 Å². The van der Waals surface area contributed by atoms with Crippen LogP contribution in [0.1, 0.15) is 17.3 Å². The number of carbonyl (C=O) groups excluding carboxylic acids is 1. The normalized spacial score (nSPS) is 11.7. The van der Waals surface area contributed by atoms with Gasteiger partial charge < -0.3 is 15.7 Å². The van der Waals surface area contributed by atoms with Crippen LogP contribution in [0.4, 0.5) is 10.2 Å². The summed E-state index contributed by atoms with van der Waals surface area (Å²) in [5.41, 5.74) is -0.494. The van der Waals surface area contributed by atoms with E-state index in [0.717, 1.165) is 12.3 Å². The number of carbonyl (C=O) groups is 2. The number of hydrogen-bond donors (Lipinski definition) is 3. The maximum absolute atomic E-state index is 13.6. The second kappa shape index (κ2) is 5.24. The molecule has 1 heterocycles. The lowest BCUT2D eigenvalue weighted by Gasteiger charge is -2.13. The summed E-state index contributed by atoms with van der Waals surface area (Å²) >= 11 is 0. The first-order valence-electron chi connectivity index (χ1n) is 4.83. The van der Waals surface area contributed by atoms with Gasteiger partial charge in [0.15, 0.2) is 11.6 Å². The molecule has 0 aromatic carbocycles. The number of halogens is 1. The van der Waals surface area contributed by atoms with Gasteiger partial charge in [0.1, 0.15) is 11.6 Å². The third-order valence-corrected chi connectivity index (χ3v) is 2.11. The molecule has 0 fully saturated rings. The van der Waals surface area contributed by atoms with Crippen molar-refractivity contribution >= 4 is 17.7 Å². The van der Waals surface area contributed by atoms with E-state index in [0.29, 0.717) is 0 Å². The van der Waals surface area contributed by atoms with Crippen molar-refractivity contribution in [3.63, 3.8) is 0 Å². The second-order valence-corrected chi connectivity index (χ2v) is 3.31. The van der Waals surface area contributed by atoms with E-state index in [1.165, 1.54) is 14.0 Å². The Kier molecular flexibility index (Phi) is 3.97. The van der Waals surface area contributed by atoms with E-state index >= 15 is 0 Å². The Balaban J connectivity index is 2.96. The van der Waals surface area contributed by atoms with Crippen molar-refractivity contribution in [3.05, 3.63) is 23.6 Å². The summed E-state index contributed by atoms with van der Waals surface area (Å²) in [7, 11) is 1.44. The summed E-state index contributed by atoms with van der Waals surface area (Å²) in [4.78, 5) is 25.5. The molecular weight excluding hydrogens is 229 g/mol. The van der Waals surface area contributed by atoms with Gasteiger partial charge in [-0.1, -0.05) is 0 Å². The van der Waals surface area contributed by atoms with Crippen LogP contribution in [0.3, 0.4) is 0 Å². The zero-order chi connectivity index (χ0) is 13.0. The number of anilines is 1. The third-order valence-electron chi connectivity index (χ3n) is 2.11. The number of aromatic nitrogens is 1. The van der Waals surface area contributed by atoms with Crippen LogP contribution in [0.15, 0.2) is 12.3 Å². The van der Waals surface area contributed by atoms with E-state index in [2.05, 4.69) is 15.6 Å². The Labute approximate surface area is 96.9 Å². The first-order valence-corrected chi connectivity index (χ1v) is 4.83. The van der Waals surface area contributed by atoms with E-state index in [1.54, 1.807) is 0 Å². The quantitative estimate of drug-likeness (QED) is 0.712. The fourth-order valence-electron chi connectivity index (χ4n) is 1.20. The molecule has 7 heteroatoms. The fraction of sp³-hybridized carbons (Fsp3) is 0.300. The monoisotopic (exact) mass is 241 g/mol. The van der Waals surface area contributed by atoms with Crippen molar-refractivity contribution in [2.24, 2.45) is 0 Å². The van der Waals surface area contributed by atoms with Crippen molar-refractivity contribution in [1.29, 1.82) is 0 Å². The first-order chi connectivity index (χ1) is 7.97. The minimum Gasteiger partial charge on any atom is -0.478 e. The van der Waals surface area contributed by atoms with Crippen LogP contribution in [0.2, 0.25) is 0 Å². The number of likely N-dealkylation sites (N-methyl/N-ethyl adjacent to an activating group) is 1. The van der Waals surface area contributed by atoms with E-state index in [-0.39, 0.29) is 11.7 Å². The predicted octanol–water partition coefficient (Wildman–Crippen LogP) is 0.465. The van der Waals surface area contributed by atoms with Crippen molar-refractivity contribution in [3.8, 4) is 0 Å². The van der Waals surface area contributed by atoms with Gasteiger partial charge in [-0.15, -0.1) is 0 Å². The van der Waals surface area contributed by atoms with Crippen molar-refractivity contribution in [2.75, 3.05) is 12.4 Å². The molecule has 0 bridgehead atoms. The molecule has 0 aliphatic heterocycles. The highest BCUT2D eigenvalue weighted by Gasteiger charge is 2.18. The lowest BCUT2D eigenvalue weighted by molar-refractivity contribution is -0.121. The third kappa shape index (κ3) is 2.90. The minimum absolute atomic E-state index is 0.263. The van der Waals surface area contributed by atoms with E-state index in [1.807, 2.05) is 0 Å². The highest BCUT2D eigenvalue weighted by atomic mass is 19.1. The lowest BCUT2D eigenvalue weighted by Crippen LogP contribution is -2.35. The summed E-state index contributed by atoms with van der Waals surface area (Å²) in [5.74, 6) is -3.00. The van der Waals surface area contributed by atoms with Gasteiger partial charge in [0.05, 0.1) is 0 Å². The number of rotatable bonds is 4. The Hall–Kier alpha value is -2.18. The molecule has 1 rings (SSSR count). The molecule has 1 atom stereocenters. The number of amides is 1. The average Bonchev–Trinajstić information content (AvgIpc) is 2.30. The predicted molar refractivity (Wildman–Crippen MR) is 58.3 cm³/mol. The molecule has 3 N–H and O–H groups in total. The standard InChI is InChI=1S/C10H12FN3O3/c1-5(9(15)12-2)14-8-7(11)6(10(16)17)3-4-13-8/h3-5H,1-2H3,(H,12,15)(H,13,14)(H,16,17). The molecule has 0 saturated carbocycles. The molecule has 92 valence electrons. The summed E-state index contributed by atoms with van der Waals surface area (Å²) in [6, 6.07) is 0.332. The van der Waals surface area contributed by atoms with Crippen molar-refractivity contribution in [2.45, 2.75) is 13.0 Å². The first kappa shape index (κ1) is 12.9. The van der Waals surface area contributed by atoms with Gasteiger partial charge >= 0.3 is 5.97 Å². The van der Waals surface area contributed by atoms with Crippen LogP contribution in [-0.2, 0) is 4.79 Å². The fourth-order valence-corrected chi connectivity index (χ4v) is 1.20. The average molecular weight is 241 g/mol. The summed E-state index contributed by atoms with van der Waals surface area (Å²) in [5, 5.41) is 13.6. The molecule has 17 heavy (non-hydrogen) atoms. The van der Waals surface area contributed by atoms with Crippen LogP contribution in [-0.4, -0.2) is 35.1 Å². The Bertz CT molecular complexity index is 450. The molecule has 1 amide bonds. The van der Waals surface area contributed by atoms with E-state index in [4.69, 9.17) is 5.11 Å². The van der Waals surface area contributed by atoms with Crippen molar-refractivity contribution in [1.82, 2.24) is 10.3 Å². The molecular formula is C10H12FN3O3. The van der Waals surface area contributed by atoms with Crippen LogP contribution < -0.4 is 10.6 Å². The molecule has 1 aromatic heterocycles. The SMILES string of the molecule is CNC(=O)C(C)Nc1nccc(C(=O)O)c1F. The Morgan fingerprint density at radius 1 is 1.53 bits per heavy atom. The van der Waals surface area contributed by atoms with Crippen LogP contribution >= 0.6 is 0 Å². The number of hydrogen-bond acceptors (Lipinski definition) is 4. The van der Waals surface area contributed by atoms with Gasteiger partial charge in [0.25, 0.3) is 0 Å². The zero-order valence-corrected chi connectivity index (χ0v) is 9.32. The maximum Gasteiger partial charge on any atom is 0.338 e. The molecule has 6 nitrogen and oxygen atoms in total. The maximum atomic E-state index is 13.6. The van der Waals surface area contributed by atoms with Gasteiger partial charge in [0.2, 0.25) is 5.91 Å². The largest absolute Gasteiger partial charge is 0.478 e. The summed E-state index contributed by atoms with van der Waals surface area (Å²) < 4.78 is 13.6. The topological polar surface area (TPSA) is 91.3 Å². The van der Waals surface area contributed by atoms with Gasteiger partial charge in [0, 0.05) is 13.2 Å². The number of nitrogens with one attached hydrogen (secondary N) is 2. The van der Waals surface area contributed by atoms with Gasteiger partial charge in [-0.2, -0.15) is 0 Å². The van der Waals surface area contributed by atoms with Crippen LogP contribution in [0.5, 0.6) is 0 Å². The molecule has 0 aliphatic rings. The highest BCUT2D eigenvalue weighted by Crippen LogP contribution is 2.15.